The second-order valence-corrected chi connectivity index (χ2v) is 5.92. The maximum absolute atomic E-state index is 6.11. The number of nitrogens with two attached hydrogens (primary N) is 1. The molecule has 1 aliphatic carbocycles. The Labute approximate surface area is 87.8 Å². The van der Waals surface area contributed by atoms with Crippen LogP contribution >= 0.6 is 0 Å². The van der Waals surface area contributed by atoms with E-state index in [-0.39, 0.29) is 0 Å². The molecule has 1 unspecified atom stereocenters. The summed E-state index contributed by atoms with van der Waals surface area (Å²) >= 11 is 0. The van der Waals surface area contributed by atoms with Crippen LogP contribution in [0, 0.1) is 11.3 Å². The molecule has 1 saturated carbocycles. The van der Waals surface area contributed by atoms with Crippen LogP contribution in [0.15, 0.2) is 0 Å². The summed E-state index contributed by atoms with van der Waals surface area (Å²) in [6.07, 6.45) is 5.82. The minimum Gasteiger partial charge on any atom is -0.326 e. The van der Waals surface area contributed by atoms with Gasteiger partial charge < -0.3 is 10.6 Å². The molecule has 2 fully saturated rings. The van der Waals surface area contributed by atoms with E-state index in [4.69, 9.17) is 5.73 Å². The van der Waals surface area contributed by atoms with E-state index in [2.05, 4.69) is 18.7 Å². The summed E-state index contributed by atoms with van der Waals surface area (Å²) < 4.78 is 0. The quantitative estimate of drug-likeness (QED) is 0.746. The molecule has 0 amide bonds. The molecule has 1 atom stereocenters. The zero-order valence-corrected chi connectivity index (χ0v) is 9.63. The van der Waals surface area contributed by atoms with Crippen LogP contribution in [-0.4, -0.2) is 30.6 Å². The molecule has 0 radical (unpaired) electrons. The Morgan fingerprint density at radius 1 is 1.36 bits per heavy atom. The molecule has 14 heavy (non-hydrogen) atoms. The Balaban J connectivity index is 1.72. The zero-order valence-electron chi connectivity index (χ0n) is 9.63. The Morgan fingerprint density at radius 3 is 2.50 bits per heavy atom. The lowest BCUT2D eigenvalue weighted by Crippen LogP contribution is -2.35. The van der Waals surface area contributed by atoms with Crippen LogP contribution < -0.4 is 5.73 Å². The molecular formula is C12H24N2. The highest BCUT2D eigenvalue weighted by molar-refractivity contribution is 4.93. The molecule has 2 nitrogen and oxygen atoms in total. The van der Waals surface area contributed by atoms with Gasteiger partial charge in [0.1, 0.15) is 0 Å². The molecule has 0 aromatic carbocycles. The van der Waals surface area contributed by atoms with Crippen molar-refractivity contribution >= 4 is 0 Å². The van der Waals surface area contributed by atoms with Crippen LogP contribution in [-0.2, 0) is 0 Å². The van der Waals surface area contributed by atoms with Crippen LogP contribution in [0.2, 0.25) is 0 Å². The van der Waals surface area contributed by atoms with Crippen LogP contribution in [0.5, 0.6) is 0 Å². The third-order valence-corrected chi connectivity index (χ3v) is 4.17. The van der Waals surface area contributed by atoms with E-state index < -0.39 is 0 Å². The maximum atomic E-state index is 6.11. The first kappa shape index (κ1) is 10.4. The van der Waals surface area contributed by atoms with E-state index >= 15 is 0 Å². The van der Waals surface area contributed by atoms with Gasteiger partial charge in [-0.15, -0.1) is 0 Å². The lowest BCUT2D eigenvalue weighted by molar-refractivity contribution is 0.226. The fourth-order valence-electron chi connectivity index (χ4n) is 2.60. The number of hydrogen-bond acceptors (Lipinski definition) is 2. The van der Waals surface area contributed by atoms with Crippen LogP contribution in [0.25, 0.3) is 0 Å². The van der Waals surface area contributed by atoms with Crippen LogP contribution in [0.1, 0.15) is 39.5 Å². The van der Waals surface area contributed by atoms with Gasteiger partial charge in [-0.2, -0.15) is 0 Å². The molecule has 1 aliphatic heterocycles. The van der Waals surface area contributed by atoms with Gasteiger partial charge in [-0.25, -0.2) is 0 Å². The molecule has 0 aromatic heterocycles. The van der Waals surface area contributed by atoms with E-state index in [1.807, 2.05) is 0 Å². The highest BCUT2D eigenvalue weighted by atomic mass is 15.2. The fraction of sp³-hybridized carbons (Fsp3) is 1.00. The van der Waals surface area contributed by atoms with Gasteiger partial charge in [0.2, 0.25) is 0 Å². The van der Waals surface area contributed by atoms with Gasteiger partial charge in [-0.1, -0.05) is 33.1 Å². The number of rotatable bonds is 3. The number of hydrogen-bond donors (Lipinski definition) is 1. The van der Waals surface area contributed by atoms with Gasteiger partial charge in [-0.05, 0) is 24.3 Å². The Morgan fingerprint density at radius 2 is 2.07 bits per heavy atom. The van der Waals surface area contributed by atoms with E-state index in [1.54, 1.807) is 0 Å². The highest BCUT2D eigenvalue weighted by Crippen LogP contribution is 2.32. The third kappa shape index (κ3) is 2.12. The predicted molar refractivity (Wildman–Crippen MR) is 60.2 cm³/mol. The number of likely N-dealkylation sites (tertiary alicyclic amines) is 1. The van der Waals surface area contributed by atoms with Crippen molar-refractivity contribution in [1.82, 2.24) is 4.90 Å². The molecule has 0 bridgehead atoms. The van der Waals surface area contributed by atoms with Gasteiger partial charge >= 0.3 is 0 Å². The maximum Gasteiger partial charge on any atom is 0.0232 e. The standard InChI is InChI=1S/C12H24N2/c1-12(2)9-14(8-11(12)13)7-6-10-4-3-5-10/h10-11H,3-9,13H2,1-2H3. The number of nitrogens with zero attached hydrogens (tertiary/aromatic N) is 1. The summed E-state index contributed by atoms with van der Waals surface area (Å²) in [6, 6.07) is 0.379. The molecule has 2 aliphatic rings. The smallest absolute Gasteiger partial charge is 0.0232 e. The first-order valence-electron chi connectivity index (χ1n) is 6.06. The zero-order chi connectivity index (χ0) is 10.2. The van der Waals surface area contributed by atoms with Gasteiger partial charge in [-0.3, -0.25) is 0 Å². The summed E-state index contributed by atoms with van der Waals surface area (Å²) in [6.45, 7) is 8.17. The van der Waals surface area contributed by atoms with E-state index in [0.29, 0.717) is 11.5 Å². The van der Waals surface area contributed by atoms with Crippen molar-refractivity contribution in [1.29, 1.82) is 0 Å². The van der Waals surface area contributed by atoms with Crippen molar-refractivity contribution in [3.05, 3.63) is 0 Å². The minimum atomic E-state index is 0.333. The van der Waals surface area contributed by atoms with Crippen molar-refractivity contribution in [2.24, 2.45) is 17.1 Å². The first-order valence-corrected chi connectivity index (χ1v) is 6.06. The largest absolute Gasteiger partial charge is 0.326 e. The summed E-state index contributed by atoms with van der Waals surface area (Å²) in [5, 5.41) is 0. The summed E-state index contributed by atoms with van der Waals surface area (Å²) in [5.74, 6) is 1.04. The highest BCUT2D eigenvalue weighted by Gasteiger charge is 2.36. The van der Waals surface area contributed by atoms with Crippen molar-refractivity contribution in [3.8, 4) is 0 Å². The van der Waals surface area contributed by atoms with Crippen molar-refractivity contribution < 1.29 is 0 Å². The van der Waals surface area contributed by atoms with Crippen LogP contribution in [0.3, 0.4) is 0 Å². The second-order valence-electron chi connectivity index (χ2n) is 5.92. The van der Waals surface area contributed by atoms with E-state index in [9.17, 15) is 0 Å². The molecule has 1 heterocycles. The SMILES string of the molecule is CC1(C)CN(CCC2CCC2)CC1N. The van der Waals surface area contributed by atoms with Crippen LogP contribution in [0.4, 0.5) is 0 Å². The minimum absolute atomic E-state index is 0.333. The van der Waals surface area contributed by atoms with Crippen molar-refractivity contribution in [2.45, 2.75) is 45.6 Å². The van der Waals surface area contributed by atoms with Gasteiger partial charge in [0.15, 0.2) is 0 Å². The van der Waals surface area contributed by atoms with Gasteiger partial charge in [0.25, 0.3) is 0 Å². The fourth-order valence-corrected chi connectivity index (χ4v) is 2.60. The van der Waals surface area contributed by atoms with Crippen molar-refractivity contribution in [3.63, 3.8) is 0 Å². The molecule has 0 spiro atoms. The average Bonchev–Trinajstić information content (AvgIpc) is 2.23. The van der Waals surface area contributed by atoms with E-state index in [0.717, 1.165) is 12.5 Å². The summed E-state index contributed by atoms with van der Waals surface area (Å²) in [4.78, 5) is 2.56. The molecule has 1 saturated heterocycles. The first-order chi connectivity index (χ1) is 6.58. The lowest BCUT2D eigenvalue weighted by atomic mass is 9.83. The monoisotopic (exact) mass is 196 g/mol. The Kier molecular flexibility index (Phi) is 2.85. The Bertz CT molecular complexity index is 196. The summed E-state index contributed by atoms with van der Waals surface area (Å²) in [5.41, 5.74) is 6.45. The molecule has 2 N–H and O–H groups in total. The molecule has 2 heteroatoms. The molecule has 82 valence electrons. The van der Waals surface area contributed by atoms with Gasteiger partial charge in [0, 0.05) is 19.1 Å². The third-order valence-electron chi connectivity index (χ3n) is 4.17. The lowest BCUT2D eigenvalue weighted by Gasteiger charge is -2.28. The predicted octanol–water partition coefficient (Wildman–Crippen LogP) is 1.85. The normalized spacial score (nSPS) is 33.2. The average molecular weight is 196 g/mol. The van der Waals surface area contributed by atoms with Crippen molar-refractivity contribution in [2.75, 3.05) is 19.6 Å². The second kappa shape index (κ2) is 3.82. The topological polar surface area (TPSA) is 29.3 Å². The molecule has 2 rings (SSSR count). The molecular weight excluding hydrogens is 172 g/mol. The Hall–Kier alpha value is -0.0800. The molecule has 0 aromatic rings. The van der Waals surface area contributed by atoms with Gasteiger partial charge in [0.05, 0.1) is 0 Å². The van der Waals surface area contributed by atoms with E-state index in [1.165, 1.54) is 38.8 Å². The summed E-state index contributed by atoms with van der Waals surface area (Å²) in [7, 11) is 0.